The molecule has 0 aliphatic carbocycles. The molecule has 1 aromatic heterocycles. The summed E-state index contributed by atoms with van der Waals surface area (Å²) in [6, 6.07) is 10.5. The zero-order chi connectivity index (χ0) is 20.4. The molecule has 1 aliphatic heterocycles. The molecule has 0 spiro atoms. The van der Waals surface area contributed by atoms with Crippen molar-refractivity contribution < 1.29 is 8.42 Å². The summed E-state index contributed by atoms with van der Waals surface area (Å²) in [4.78, 5) is 11.1. The number of hydrogen-bond acceptors (Lipinski definition) is 5. The van der Waals surface area contributed by atoms with E-state index in [9.17, 15) is 8.42 Å². The number of benzene rings is 1. The highest BCUT2D eigenvalue weighted by molar-refractivity contribution is 7.87. The van der Waals surface area contributed by atoms with Crippen LogP contribution in [-0.2, 0) is 15.6 Å². The molecule has 2 aromatic rings. The predicted molar refractivity (Wildman–Crippen MR) is 112 cm³/mol. The van der Waals surface area contributed by atoms with E-state index < -0.39 is 10.2 Å². The summed E-state index contributed by atoms with van der Waals surface area (Å²) in [6.07, 6.45) is 3.39. The molecule has 2 heterocycles. The molecule has 1 aromatic carbocycles. The van der Waals surface area contributed by atoms with Crippen molar-refractivity contribution in [2.24, 2.45) is 11.1 Å². The number of aromatic nitrogens is 2. The summed E-state index contributed by atoms with van der Waals surface area (Å²) >= 11 is 0. The maximum absolute atomic E-state index is 11.0. The first-order chi connectivity index (χ1) is 13.1. The van der Waals surface area contributed by atoms with E-state index in [1.807, 2.05) is 6.07 Å². The highest BCUT2D eigenvalue weighted by atomic mass is 32.2. The van der Waals surface area contributed by atoms with Crippen molar-refractivity contribution in [2.45, 2.75) is 39.0 Å². The maximum atomic E-state index is 11.0. The van der Waals surface area contributed by atoms with Gasteiger partial charge in [-0.05, 0) is 29.7 Å². The monoisotopic (exact) mass is 403 g/mol. The normalized spacial score (nSPS) is 16.4. The van der Waals surface area contributed by atoms with Crippen molar-refractivity contribution in [3.05, 3.63) is 42.2 Å². The molecule has 0 unspecified atom stereocenters. The third kappa shape index (κ3) is 5.50. The summed E-state index contributed by atoms with van der Waals surface area (Å²) in [5.74, 6) is 1.20. The Labute approximate surface area is 167 Å². The summed E-state index contributed by atoms with van der Waals surface area (Å²) in [7, 11) is -3.62. The second-order valence-electron chi connectivity index (χ2n) is 8.41. The zero-order valence-corrected chi connectivity index (χ0v) is 17.5. The molecular weight excluding hydrogens is 374 g/mol. The van der Waals surface area contributed by atoms with Crippen molar-refractivity contribution in [2.75, 3.05) is 24.5 Å². The number of hydrogen-bond donors (Lipinski definition) is 2. The minimum Gasteiger partial charge on any atom is -0.356 e. The van der Waals surface area contributed by atoms with E-state index in [4.69, 9.17) is 5.14 Å². The number of piperidine rings is 1. The number of nitrogens with zero attached hydrogens (tertiary/aromatic N) is 3. The molecule has 0 bridgehead atoms. The average molecular weight is 404 g/mol. The molecule has 0 radical (unpaired) electrons. The minimum absolute atomic E-state index is 0.123. The number of nitrogens with two attached hydrogens (primary N) is 1. The van der Waals surface area contributed by atoms with Crippen molar-refractivity contribution in [1.82, 2.24) is 14.7 Å². The van der Waals surface area contributed by atoms with Gasteiger partial charge in [0.1, 0.15) is 12.1 Å². The molecule has 1 aliphatic rings. The van der Waals surface area contributed by atoms with Gasteiger partial charge < -0.3 is 4.90 Å². The molecule has 1 fully saturated rings. The van der Waals surface area contributed by atoms with Crippen LogP contribution in [-0.4, -0.2) is 38.0 Å². The Kier molecular flexibility index (Phi) is 6.02. The van der Waals surface area contributed by atoms with Gasteiger partial charge in [-0.2, -0.15) is 8.42 Å². The van der Waals surface area contributed by atoms with Crippen LogP contribution < -0.4 is 14.8 Å². The molecule has 3 N–H and O–H groups in total. The zero-order valence-electron chi connectivity index (χ0n) is 16.7. The van der Waals surface area contributed by atoms with Crippen molar-refractivity contribution in [1.29, 1.82) is 0 Å². The Hall–Kier alpha value is -2.03. The van der Waals surface area contributed by atoms with Crippen LogP contribution >= 0.6 is 0 Å². The third-order valence-corrected chi connectivity index (χ3v) is 5.78. The van der Waals surface area contributed by atoms with Gasteiger partial charge in [0.25, 0.3) is 10.2 Å². The smallest absolute Gasteiger partial charge is 0.274 e. The lowest BCUT2D eigenvalue weighted by Gasteiger charge is -2.32. The molecule has 0 amide bonds. The lowest BCUT2D eigenvalue weighted by Crippen LogP contribution is -2.40. The van der Waals surface area contributed by atoms with E-state index in [1.165, 1.54) is 5.56 Å². The molecule has 0 saturated carbocycles. The maximum Gasteiger partial charge on any atom is 0.274 e. The van der Waals surface area contributed by atoms with Gasteiger partial charge >= 0.3 is 0 Å². The number of anilines is 1. The Morgan fingerprint density at radius 3 is 2.36 bits per heavy atom. The van der Waals surface area contributed by atoms with E-state index in [1.54, 1.807) is 6.33 Å². The fourth-order valence-electron chi connectivity index (χ4n) is 3.42. The molecule has 1 saturated heterocycles. The standard InChI is InChI=1S/C20H29N5O2S/c1-20(2,3)17-6-4-16(5-7-17)18-12-19(23-14-22-18)25-10-8-15(9-11-25)13-24-28(21,26)27/h4-7,12,14-15,24H,8-11,13H2,1-3H3,(H2,21,26,27). The van der Waals surface area contributed by atoms with Crippen LogP contribution in [0.3, 0.4) is 0 Å². The average Bonchev–Trinajstić information content (AvgIpc) is 2.66. The SMILES string of the molecule is CC(C)(C)c1ccc(-c2cc(N3CCC(CNS(N)(=O)=O)CC3)ncn2)cc1. The van der Waals surface area contributed by atoms with Crippen molar-refractivity contribution >= 4 is 16.0 Å². The Bertz CT molecular complexity index is 899. The molecule has 0 atom stereocenters. The molecule has 7 nitrogen and oxygen atoms in total. The van der Waals surface area contributed by atoms with Gasteiger partial charge in [0.15, 0.2) is 0 Å². The van der Waals surface area contributed by atoms with Crippen LogP contribution in [0, 0.1) is 5.92 Å². The van der Waals surface area contributed by atoms with Gasteiger partial charge in [0.05, 0.1) is 5.69 Å². The Morgan fingerprint density at radius 1 is 1.14 bits per heavy atom. The largest absolute Gasteiger partial charge is 0.356 e. The third-order valence-electron chi connectivity index (χ3n) is 5.21. The molecule has 8 heteroatoms. The van der Waals surface area contributed by atoms with Crippen LogP contribution in [0.2, 0.25) is 0 Å². The second kappa shape index (κ2) is 8.14. The molecule has 152 valence electrons. The topological polar surface area (TPSA) is 101 Å². The Balaban J connectivity index is 1.66. The van der Waals surface area contributed by atoms with Gasteiger partial charge in [-0.1, -0.05) is 45.0 Å². The number of nitrogens with one attached hydrogen (secondary N) is 1. The van der Waals surface area contributed by atoms with E-state index in [-0.39, 0.29) is 5.41 Å². The van der Waals surface area contributed by atoms with Crippen LogP contribution in [0.15, 0.2) is 36.7 Å². The lowest BCUT2D eigenvalue weighted by atomic mass is 9.86. The molecule has 28 heavy (non-hydrogen) atoms. The fourth-order valence-corrected chi connectivity index (χ4v) is 3.89. The van der Waals surface area contributed by atoms with Crippen LogP contribution in [0.5, 0.6) is 0 Å². The van der Waals surface area contributed by atoms with Crippen LogP contribution in [0.1, 0.15) is 39.2 Å². The van der Waals surface area contributed by atoms with E-state index in [2.05, 4.69) is 64.6 Å². The lowest BCUT2D eigenvalue weighted by molar-refractivity contribution is 0.400. The van der Waals surface area contributed by atoms with Crippen LogP contribution in [0.25, 0.3) is 11.3 Å². The van der Waals surface area contributed by atoms with E-state index in [0.29, 0.717) is 12.5 Å². The second-order valence-corrected chi connectivity index (χ2v) is 9.79. The van der Waals surface area contributed by atoms with E-state index >= 15 is 0 Å². The van der Waals surface area contributed by atoms with E-state index in [0.717, 1.165) is 43.0 Å². The van der Waals surface area contributed by atoms with Gasteiger partial charge in [0, 0.05) is 31.3 Å². The highest BCUT2D eigenvalue weighted by Crippen LogP contribution is 2.27. The highest BCUT2D eigenvalue weighted by Gasteiger charge is 2.21. The first-order valence-corrected chi connectivity index (χ1v) is 11.1. The van der Waals surface area contributed by atoms with Gasteiger partial charge in [-0.3, -0.25) is 0 Å². The van der Waals surface area contributed by atoms with Gasteiger partial charge in [-0.25, -0.2) is 19.8 Å². The van der Waals surface area contributed by atoms with Crippen molar-refractivity contribution in [3.63, 3.8) is 0 Å². The minimum atomic E-state index is -3.62. The first-order valence-electron chi connectivity index (χ1n) is 9.57. The Morgan fingerprint density at radius 2 is 1.79 bits per heavy atom. The predicted octanol–water partition coefficient (Wildman–Crippen LogP) is 2.45. The summed E-state index contributed by atoms with van der Waals surface area (Å²) in [5.41, 5.74) is 3.39. The summed E-state index contributed by atoms with van der Waals surface area (Å²) < 4.78 is 24.5. The number of rotatable bonds is 5. The van der Waals surface area contributed by atoms with Gasteiger partial charge in [0.2, 0.25) is 0 Å². The quantitative estimate of drug-likeness (QED) is 0.798. The summed E-state index contributed by atoms with van der Waals surface area (Å²) in [6.45, 7) is 8.65. The summed E-state index contributed by atoms with van der Waals surface area (Å²) in [5, 5.41) is 5.01. The fraction of sp³-hybridized carbons (Fsp3) is 0.500. The molecule has 3 rings (SSSR count). The van der Waals surface area contributed by atoms with Gasteiger partial charge in [-0.15, -0.1) is 0 Å². The first kappa shape index (κ1) is 20.7. The molecular formula is C20H29N5O2S. The van der Waals surface area contributed by atoms with Crippen molar-refractivity contribution in [3.8, 4) is 11.3 Å². The van der Waals surface area contributed by atoms with Crippen LogP contribution in [0.4, 0.5) is 5.82 Å².